The van der Waals surface area contributed by atoms with Crippen molar-refractivity contribution < 1.29 is 19.0 Å². The van der Waals surface area contributed by atoms with Crippen LogP contribution in [0.4, 0.5) is 0 Å². The minimum Gasteiger partial charge on any atom is -0.494 e. The first kappa shape index (κ1) is 14.7. The predicted octanol–water partition coefficient (Wildman–Crippen LogP) is 1.71. The van der Waals surface area contributed by atoms with Gasteiger partial charge in [0.2, 0.25) is 0 Å². The van der Waals surface area contributed by atoms with Gasteiger partial charge in [-0.3, -0.25) is 4.79 Å². The molecular weight excluding hydrogens is 258 g/mol. The predicted molar refractivity (Wildman–Crippen MR) is 75.1 cm³/mol. The minimum atomic E-state index is -0.00552. The van der Waals surface area contributed by atoms with Crippen LogP contribution in [0.1, 0.15) is 13.8 Å². The summed E-state index contributed by atoms with van der Waals surface area (Å²) in [4.78, 5) is 13.8. The van der Waals surface area contributed by atoms with Crippen molar-refractivity contribution >= 4 is 5.91 Å². The summed E-state index contributed by atoms with van der Waals surface area (Å²) in [7, 11) is 0. The van der Waals surface area contributed by atoms with E-state index in [2.05, 4.69) is 0 Å². The summed E-state index contributed by atoms with van der Waals surface area (Å²) in [6, 6.07) is 7.28. The molecule has 0 bridgehead atoms. The van der Waals surface area contributed by atoms with Crippen LogP contribution < -0.4 is 9.47 Å². The maximum atomic E-state index is 12.0. The maximum absolute atomic E-state index is 12.0. The zero-order chi connectivity index (χ0) is 14.4. The number of hydrogen-bond donors (Lipinski definition) is 0. The Morgan fingerprint density at radius 1 is 1.30 bits per heavy atom. The Morgan fingerprint density at radius 3 is 2.55 bits per heavy atom. The van der Waals surface area contributed by atoms with Crippen molar-refractivity contribution in [1.29, 1.82) is 0 Å². The first-order valence-electron chi connectivity index (χ1n) is 6.94. The Kier molecular flexibility index (Phi) is 5.24. The van der Waals surface area contributed by atoms with Crippen LogP contribution in [0.2, 0.25) is 0 Å². The van der Waals surface area contributed by atoms with Crippen LogP contribution in [0.15, 0.2) is 24.3 Å². The number of carbonyl (C=O) groups excluding carboxylic acids is 1. The van der Waals surface area contributed by atoms with Gasteiger partial charge in [-0.05, 0) is 38.1 Å². The molecule has 1 aromatic carbocycles. The highest BCUT2D eigenvalue weighted by atomic mass is 16.5. The Balaban J connectivity index is 1.80. The van der Waals surface area contributed by atoms with Gasteiger partial charge in [-0.1, -0.05) is 0 Å². The third kappa shape index (κ3) is 4.13. The van der Waals surface area contributed by atoms with Crippen LogP contribution in [0.3, 0.4) is 0 Å². The largest absolute Gasteiger partial charge is 0.494 e. The van der Waals surface area contributed by atoms with Crippen molar-refractivity contribution in [3.63, 3.8) is 0 Å². The highest BCUT2D eigenvalue weighted by molar-refractivity contribution is 5.77. The number of nitrogens with zero attached hydrogens (tertiary/aromatic N) is 1. The molecule has 0 aromatic heterocycles. The van der Waals surface area contributed by atoms with E-state index >= 15 is 0 Å². The second-order valence-corrected chi connectivity index (χ2v) is 4.71. The molecule has 1 aliphatic heterocycles. The normalized spacial score (nSPS) is 18.7. The first-order chi connectivity index (χ1) is 9.69. The van der Waals surface area contributed by atoms with Crippen LogP contribution in [0.25, 0.3) is 0 Å². The van der Waals surface area contributed by atoms with Gasteiger partial charge >= 0.3 is 0 Å². The van der Waals surface area contributed by atoms with E-state index in [0.29, 0.717) is 32.1 Å². The standard InChI is InChI=1S/C15H21NO4/c1-3-18-13-4-6-14(7-5-13)20-11-15(17)16-8-9-19-12(2)10-16/h4-7,12H,3,8-11H2,1-2H3. The summed E-state index contributed by atoms with van der Waals surface area (Å²) in [5.74, 6) is 1.46. The van der Waals surface area contributed by atoms with Crippen molar-refractivity contribution in [2.45, 2.75) is 20.0 Å². The Labute approximate surface area is 119 Å². The SMILES string of the molecule is CCOc1ccc(OCC(=O)N2CCOC(C)C2)cc1. The molecule has 1 unspecified atom stereocenters. The summed E-state index contributed by atoms with van der Waals surface area (Å²) >= 11 is 0. The van der Waals surface area contributed by atoms with E-state index in [1.807, 2.05) is 26.0 Å². The summed E-state index contributed by atoms with van der Waals surface area (Å²) in [6.45, 7) is 6.45. The van der Waals surface area contributed by atoms with Gasteiger partial charge in [0.15, 0.2) is 6.61 Å². The molecule has 1 atom stereocenters. The van der Waals surface area contributed by atoms with Crippen molar-refractivity contribution in [1.82, 2.24) is 4.90 Å². The van der Waals surface area contributed by atoms with Crippen LogP contribution in [-0.4, -0.2) is 49.8 Å². The topological polar surface area (TPSA) is 48.0 Å². The Hall–Kier alpha value is -1.75. The molecule has 5 nitrogen and oxygen atoms in total. The molecule has 110 valence electrons. The third-order valence-corrected chi connectivity index (χ3v) is 3.09. The average molecular weight is 279 g/mol. The molecule has 1 aromatic rings. The van der Waals surface area contributed by atoms with Crippen LogP contribution in [0.5, 0.6) is 11.5 Å². The third-order valence-electron chi connectivity index (χ3n) is 3.09. The number of morpholine rings is 1. The molecule has 1 fully saturated rings. The minimum absolute atomic E-state index is 0.00552. The van der Waals surface area contributed by atoms with Crippen molar-refractivity contribution in [3.05, 3.63) is 24.3 Å². The summed E-state index contributed by atoms with van der Waals surface area (Å²) in [5.41, 5.74) is 0. The van der Waals surface area contributed by atoms with Crippen molar-refractivity contribution in [2.75, 3.05) is 32.9 Å². The van der Waals surface area contributed by atoms with Gasteiger partial charge in [0.25, 0.3) is 5.91 Å². The van der Waals surface area contributed by atoms with Crippen molar-refractivity contribution in [2.24, 2.45) is 0 Å². The second kappa shape index (κ2) is 7.14. The molecule has 1 heterocycles. The quantitative estimate of drug-likeness (QED) is 0.823. The number of carbonyl (C=O) groups is 1. The highest BCUT2D eigenvalue weighted by Gasteiger charge is 2.21. The lowest BCUT2D eigenvalue weighted by molar-refractivity contribution is -0.140. The van der Waals surface area contributed by atoms with Gasteiger partial charge in [-0.25, -0.2) is 0 Å². The van der Waals surface area contributed by atoms with Gasteiger partial charge in [0.05, 0.1) is 19.3 Å². The molecule has 0 radical (unpaired) electrons. The molecule has 20 heavy (non-hydrogen) atoms. The fraction of sp³-hybridized carbons (Fsp3) is 0.533. The molecule has 1 saturated heterocycles. The molecular formula is C15H21NO4. The van der Waals surface area contributed by atoms with Crippen LogP contribution >= 0.6 is 0 Å². The molecule has 1 amide bonds. The molecule has 1 aliphatic rings. The fourth-order valence-electron chi connectivity index (χ4n) is 2.08. The van der Waals surface area contributed by atoms with Gasteiger partial charge in [-0.15, -0.1) is 0 Å². The maximum Gasteiger partial charge on any atom is 0.260 e. The molecule has 0 spiro atoms. The number of ether oxygens (including phenoxy) is 3. The number of amides is 1. The smallest absolute Gasteiger partial charge is 0.260 e. The van der Waals surface area contributed by atoms with E-state index in [9.17, 15) is 4.79 Å². The summed E-state index contributed by atoms with van der Waals surface area (Å²) < 4.78 is 16.3. The van der Waals surface area contributed by atoms with Crippen molar-refractivity contribution in [3.8, 4) is 11.5 Å². The van der Waals surface area contributed by atoms with Gasteiger partial charge in [-0.2, -0.15) is 0 Å². The Morgan fingerprint density at radius 2 is 1.95 bits per heavy atom. The fourth-order valence-corrected chi connectivity index (χ4v) is 2.08. The zero-order valence-corrected chi connectivity index (χ0v) is 12.0. The van der Waals surface area contributed by atoms with E-state index in [1.165, 1.54) is 0 Å². The van der Waals surface area contributed by atoms with E-state index in [1.54, 1.807) is 17.0 Å². The lowest BCUT2D eigenvalue weighted by atomic mass is 10.3. The molecule has 2 rings (SSSR count). The zero-order valence-electron chi connectivity index (χ0n) is 12.0. The lowest BCUT2D eigenvalue weighted by Gasteiger charge is -2.31. The second-order valence-electron chi connectivity index (χ2n) is 4.71. The average Bonchev–Trinajstić information content (AvgIpc) is 2.46. The van der Waals surface area contributed by atoms with Gasteiger partial charge in [0.1, 0.15) is 11.5 Å². The Bertz CT molecular complexity index is 432. The highest BCUT2D eigenvalue weighted by Crippen LogP contribution is 2.17. The van der Waals surface area contributed by atoms with Crippen LogP contribution in [0, 0.1) is 0 Å². The number of hydrogen-bond acceptors (Lipinski definition) is 4. The van der Waals surface area contributed by atoms with E-state index in [-0.39, 0.29) is 18.6 Å². The lowest BCUT2D eigenvalue weighted by Crippen LogP contribution is -2.46. The molecule has 0 N–H and O–H groups in total. The van der Waals surface area contributed by atoms with Gasteiger partial charge in [0, 0.05) is 13.1 Å². The summed E-state index contributed by atoms with van der Waals surface area (Å²) in [5, 5.41) is 0. The van der Waals surface area contributed by atoms with E-state index in [4.69, 9.17) is 14.2 Å². The molecule has 0 aliphatic carbocycles. The number of rotatable bonds is 5. The monoisotopic (exact) mass is 279 g/mol. The number of benzene rings is 1. The van der Waals surface area contributed by atoms with E-state index < -0.39 is 0 Å². The van der Waals surface area contributed by atoms with E-state index in [0.717, 1.165) is 5.75 Å². The summed E-state index contributed by atoms with van der Waals surface area (Å²) in [6.07, 6.45) is 0.0955. The molecule has 5 heteroatoms. The molecule has 0 saturated carbocycles. The van der Waals surface area contributed by atoms with Crippen LogP contribution in [-0.2, 0) is 9.53 Å². The van der Waals surface area contributed by atoms with Gasteiger partial charge < -0.3 is 19.1 Å². The first-order valence-corrected chi connectivity index (χ1v) is 6.94.